The third-order valence-corrected chi connectivity index (χ3v) is 5.22. The minimum Gasteiger partial charge on any atom is -0.619 e. The lowest BCUT2D eigenvalue weighted by Gasteiger charge is -2.27. The van der Waals surface area contributed by atoms with Crippen LogP contribution in [0.25, 0.3) is 0 Å². The molecule has 0 bridgehead atoms. The van der Waals surface area contributed by atoms with Crippen molar-refractivity contribution in [2.45, 2.75) is 31.6 Å². The number of benzene rings is 1. The van der Waals surface area contributed by atoms with Crippen LogP contribution in [0.5, 0.6) is 0 Å². The fourth-order valence-corrected chi connectivity index (χ4v) is 3.74. The molecule has 0 unspecified atom stereocenters. The van der Waals surface area contributed by atoms with Crippen LogP contribution < -0.4 is 14.9 Å². The molecule has 10 heteroatoms. The molecule has 3 heterocycles. The number of aromatic nitrogens is 3. The van der Waals surface area contributed by atoms with Gasteiger partial charge in [-0.15, -0.1) is 0 Å². The number of nitrogens with one attached hydrogen (secondary N) is 1. The molecule has 1 saturated heterocycles. The topological polar surface area (TPSA) is 68.0 Å². The molecule has 0 aliphatic carbocycles. The lowest BCUT2D eigenvalue weighted by Crippen LogP contribution is -2.26. The monoisotopic (exact) mass is 433 g/mol. The maximum atomic E-state index is 15.2. The first-order valence-electron chi connectivity index (χ1n) is 9.69. The number of halogens is 4. The van der Waals surface area contributed by atoms with Crippen LogP contribution in [-0.2, 0) is 12.7 Å². The molecule has 1 aliphatic heterocycles. The van der Waals surface area contributed by atoms with Crippen molar-refractivity contribution in [3.8, 4) is 0 Å². The van der Waals surface area contributed by atoms with Crippen molar-refractivity contribution in [3.63, 3.8) is 0 Å². The Morgan fingerprint density at radius 2 is 1.94 bits per heavy atom. The number of nitrogens with zero attached hydrogens (tertiary/aromatic N) is 4. The third-order valence-electron chi connectivity index (χ3n) is 5.22. The quantitative estimate of drug-likeness (QED) is 0.371. The predicted octanol–water partition coefficient (Wildman–Crippen LogP) is 4.22. The van der Waals surface area contributed by atoms with E-state index in [1.807, 2.05) is 0 Å². The van der Waals surface area contributed by atoms with Crippen molar-refractivity contribution in [2.75, 3.05) is 16.8 Å². The summed E-state index contributed by atoms with van der Waals surface area (Å²) in [5.74, 6) is -0.566. The molecule has 1 fully saturated rings. The minimum absolute atomic E-state index is 0.00984. The van der Waals surface area contributed by atoms with E-state index in [1.165, 1.54) is 30.9 Å². The van der Waals surface area contributed by atoms with Gasteiger partial charge in [-0.3, -0.25) is 0 Å². The van der Waals surface area contributed by atoms with Gasteiger partial charge >= 0.3 is 6.18 Å². The number of alkyl halides is 3. The summed E-state index contributed by atoms with van der Waals surface area (Å²) in [5.41, 5.74) is 0.601. The number of hydrogen-bond donors (Lipinski definition) is 1. The molecule has 1 aromatic carbocycles. The Labute approximate surface area is 175 Å². The Bertz CT molecular complexity index is 1060. The first kappa shape index (κ1) is 20.8. The van der Waals surface area contributed by atoms with Gasteiger partial charge in [0.2, 0.25) is 5.82 Å². The molecule has 6 nitrogen and oxygen atoms in total. The highest BCUT2D eigenvalue weighted by Crippen LogP contribution is 2.38. The molecule has 1 aliphatic rings. The van der Waals surface area contributed by atoms with Crippen molar-refractivity contribution >= 4 is 11.6 Å². The lowest BCUT2D eigenvalue weighted by atomic mass is 10.0. The van der Waals surface area contributed by atoms with Crippen molar-refractivity contribution in [2.24, 2.45) is 0 Å². The Morgan fingerprint density at radius 3 is 2.65 bits per heavy atom. The molecule has 0 radical (unpaired) electrons. The van der Waals surface area contributed by atoms with Gasteiger partial charge in [0.25, 0.3) is 0 Å². The minimum atomic E-state index is -4.41. The summed E-state index contributed by atoms with van der Waals surface area (Å²) in [7, 11) is 0. The molecule has 0 amide bonds. The zero-order valence-electron chi connectivity index (χ0n) is 16.3. The smallest absolute Gasteiger partial charge is 0.416 e. The molecular formula is C21H19F4N5O. The molecule has 1 atom stereocenters. The number of pyridine rings is 1. The largest absolute Gasteiger partial charge is 0.619 e. The first-order valence-corrected chi connectivity index (χ1v) is 9.69. The van der Waals surface area contributed by atoms with Crippen LogP contribution in [0.1, 0.15) is 35.6 Å². The van der Waals surface area contributed by atoms with Gasteiger partial charge in [-0.05, 0) is 36.6 Å². The number of rotatable bonds is 5. The van der Waals surface area contributed by atoms with Crippen LogP contribution in [0.3, 0.4) is 0 Å². The fraction of sp³-hybridized carbons (Fsp3) is 0.286. The molecule has 31 heavy (non-hydrogen) atoms. The molecule has 1 N–H and O–H groups in total. The van der Waals surface area contributed by atoms with Gasteiger partial charge in [0.05, 0.1) is 11.6 Å². The van der Waals surface area contributed by atoms with Gasteiger partial charge in [0.1, 0.15) is 6.33 Å². The maximum absolute atomic E-state index is 15.2. The SMILES string of the molecule is [O-][n+]1cccc(CNc2ncnc(N3CCC[C@@H]3c3ccc(C(F)(F)F)cc3)c2F)c1. The number of anilines is 2. The Balaban J connectivity index is 1.55. The van der Waals surface area contributed by atoms with Crippen LogP contribution in [0.4, 0.5) is 29.2 Å². The lowest BCUT2D eigenvalue weighted by molar-refractivity contribution is -0.605. The Morgan fingerprint density at radius 1 is 1.16 bits per heavy atom. The van der Waals surface area contributed by atoms with E-state index in [0.29, 0.717) is 28.8 Å². The van der Waals surface area contributed by atoms with E-state index < -0.39 is 17.6 Å². The van der Waals surface area contributed by atoms with Crippen molar-refractivity contribution in [1.29, 1.82) is 0 Å². The van der Waals surface area contributed by atoms with E-state index in [-0.39, 0.29) is 24.2 Å². The molecular weight excluding hydrogens is 414 g/mol. The Hall–Kier alpha value is -3.43. The highest BCUT2D eigenvalue weighted by Gasteiger charge is 2.33. The highest BCUT2D eigenvalue weighted by molar-refractivity contribution is 5.53. The second-order valence-corrected chi connectivity index (χ2v) is 7.26. The molecule has 0 spiro atoms. The van der Waals surface area contributed by atoms with E-state index in [0.717, 1.165) is 18.6 Å². The summed E-state index contributed by atoms with van der Waals surface area (Å²) in [6, 6.07) is 7.96. The second kappa shape index (κ2) is 8.37. The standard InChI is InChI=1S/C21H19F4N5O/c22-18-19(26-11-14-3-1-9-29(31)12-14)27-13-28-20(18)30-10-2-4-17(30)15-5-7-16(8-6-15)21(23,24)25/h1,3,5-9,12-13,17H,2,4,10-11H2,(H,26,27,28)/t17-/m1/s1. The average molecular weight is 433 g/mol. The van der Waals surface area contributed by atoms with Gasteiger partial charge in [-0.25, -0.2) is 9.97 Å². The Kier molecular flexibility index (Phi) is 5.62. The maximum Gasteiger partial charge on any atom is 0.416 e. The molecule has 4 rings (SSSR count). The number of hydrogen-bond acceptors (Lipinski definition) is 5. The van der Waals surface area contributed by atoms with E-state index in [1.54, 1.807) is 17.0 Å². The van der Waals surface area contributed by atoms with Crippen molar-refractivity contribution in [1.82, 2.24) is 9.97 Å². The van der Waals surface area contributed by atoms with E-state index in [4.69, 9.17) is 0 Å². The third kappa shape index (κ3) is 4.52. The highest BCUT2D eigenvalue weighted by atomic mass is 19.4. The summed E-state index contributed by atoms with van der Waals surface area (Å²) in [6.07, 6.45) is 0.977. The zero-order valence-corrected chi connectivity index (χ0v) is 16.3. The van der Waals surface area contributed by atoms with E-state index in [2.05, 4.69) is 15.3 Å². The van der Waals surface area contributed by atoms with Crippen LogP contribution in [0, 0.1) is 11.0 Å². The van der Waals surface area contributed by atoms with Crippen LogP contribution in [0.15, 0.2) is 55.1 Å². The molecule has 162 valence electrons. The fourth-order valence-electron chi connectivity index (χ4n) is 3.74. The van der Waals surface area contributed by atoms with Gasteiger partial charge in [-0.1, -0.05) is 12.1 Å². The second-order valence-electron chi connectivity index (χ2n) is 7.26. The normalized spacial score (nSPS) is 16.5. The van der Waals surface area contributed by atoms with Gasteiger partial charge in [-0.2, -0.15) is 22.3 Å². The summed E-state index contributed by atoms with van der Waals surface area (Å²) in [4.78, 5) is 9.79. The molecule has 2 aromatic heterocycles. The summed E-state index contributed by atoms with van der Waals surface area (Å²) < 4.78 is 54.4. The van der Waals surface area contributed by atoms with Gasteiger partial charge in [0, 0.05) is 24.7 Å². The van der Waals surface area contributed by atoms with Crippen LogP contribution in [-0.4, -0.2) is 16.5 Å². The van der Waals surface area contributed by atoms with Crippen molar-refractivity contribution < 1.29 is 22.3 Å². The average Bonchev–Trinajstić information content (AvgIpc) is 3.22. The van der Waals surface area contributed by atoms with Crippen molar-refractivity contribution in [3.05, 3.63) is 82.8 Å². The van der Waals surface area contributed by atoms with E-state index in [9.17, 15) is 18.4 Å². The van der Waals surface area contributed by atoms with Gasteiger partial charge < -0.3 is 15.4 Å². The summed E-state index contributed by atoms with van der Waals surface area (Å²) >= 11 is 0. The predicted molar refractivity (Wildman–Crippen MR) is 105 cm³/mol. The van der Waals surface area contributed by atoms with Gasteiger partial charge in [0.15, 0.2) is 24.0 Å². The summed E-state index contributed by atoms with van der Waals surface area (Å²) in [6.45, 7) is 0.715. The molecule has 3 aromatic rings. The zero-order chi connectivity index (χ0) is 22.0. The molecule has 0 saturated carbocycles. The van der Waals surface area contributed by atoms with Crippen LogP contribution >= 0.6 is 0 Å². The van der Waals surface area contributed by atoms with Crippen LogP contribution in [0.2, 0.25) is 0 Å². The van der Waals surface area contributed by atoms with E-state index >= 15 is 4.39 Å². The first-order chi connectivity index (χ1) is 14.8. The summed E-state index contributed by atoms with van der Waals surface area (Å²) in [5, 5.41) is 14.2.